The smallest absolute Gasteiger partial charge is 0.295 e. The van der Waals surface area contributed by atoms with Crippen LogP contribution in [0.2, 0.25) is 0 Å². The standard InChI is InChI=1S/C28H23N5O5/c1-18-14-19(16-20(15-18)27-29-8-11-38-27)26-22-4-2-3-5-23(22)28(34)32(30-26)25-17-21(6-7-24(25)33(35)36)31-9-12-37-13-10-31/h2-8,11,14-17H,9-10,12-13H2,1H3. The highest BCUT2D eigenvalue weighted by molar-refractivity contribution is 5.94. The van der Waals surface area contributed by atoms with Gasteiger partial charge in [0.2, 0.25) is 5.89 Å². The number of rotatable bonds is 5. The minimum absolute atomic E-state index is 0.108. The highest BCUT2D eigenvalue weighted by Gasteiger charge is 2.23. The van der Waals surface area contributed by atoms with E-state index in [9.17, 15) is 14.9 Å². The van der Waals surface area contributed by atoms with Crippen LogP contribution in [0.25, 0.3) is 39.2 Å². The Kier molecular flexibility index (Phi) is 5.93. The molecule has 190 valence electrons. The topological polar surface area (TPSA) is 117 Å². The number of aromatic nitrogens is 3. The van der Waals surface area contributed by atoms with Crippen LogP contribution in [-0.2, 0) is 4.74 Å². The molecule has 3 aromatic carbocycles. The van der Waals surface area contributed by atoms with E-state index in [0.29, 0.717) is 48.7 Å². The molecule has 2 aromatic heterocycles. The van der Waals surface area contributed by atoms with E-state index < -0.39 is 10.5 Å². The van der Waals surface area contributed by atoms with Gasteiger partial charge < -0.3 is 14.1 Å². The summed E-state index contributed by atoms with van der Waals surface area (Å²) in [5.74, 6) is 0.460. The number of morpholine rings is 1. The van der Waals surface area contributed by atoms with Gasteiger partial charge in [0.25, 0.3) is 11.2 Å². The van der Waals surface area contributed by atoms with E-state index in [0.717, 1.165) is 27.1 Å². The van der Waals surface area contributed by atoms with Crippen molar-refractivity contribution in [3.8, 4) is 28.4 Å². The molecule has 0 aliphatic carbocycles. The van der Waals surface area contributed by atoms with Gasteiger partial charge >= 0.3 is 0 Å². The number of nitro benzene ring substituents is 1. The third-order valence-corrected chi connectivity index (χ3v) is 6.60. The largest absolute Gasteiger partial charge is 0.445 e. The number of ether oxygens (including phenoxy) is 1. The van der Waals surface area contributed by atoms with Crippen LogP contribution in [0.5, 0.6) is 0 Å². The molecule has 5 aromatic rings. The quantitative estimate of drug-likeness (QED) is 0.246. The lowest BCUT2D eigenvalue weighted by atomic mass is 10.0. The van der Waals surface area contributed by atoms with Crippen molar-refractivity contribution in [1.82, 2.24) is 14.8 Å². The van der Waals surface area contributed by atoms with Crippen molar-refractivity contribution in [2.24, 2.45) is 0 Å². The van der Waals surface area contributed by atoms with Crippen LogP contribution in [0.4, 0.5) is 11.4 Å². The van der Waals surface area contributed by atoms with Gasteiger partial charge in [-0.3, -0.25) is 14.9 Å². The molecule has 0 unspecified atom stereocenters. The molecule has 0 radical (unpaired) electrons. The number of hydrogen-bond acceptors (Lipinski definition) is 8. The van der Waals surface area contributed by atoms with Crippen molar-refractivity contribution in [3.05, 3.63) is 99.2 Å². The average Bonchev–Trinajstić information content (AvgIpc) is 3.49. The van der Waals surface area contributed by atoms with E-state index in [4.69, 9.17) is 14.3 Å². The summed E-state index contributed by atoms with van der Waals surface area (Å²) < 4.78 is 12.1. The molecule has 10 heteroatoms. The van der Waals surface area contributed by atoms with Gasteiger partial charge in [0, 0.05) is 41.4 Å². The second-order valence-corrected chi connectivity index (χ2v) is 9.07. The lowest BCUT2D eigenvalue weighted by Crippen LogP contribution is -2.36. The Morgan fingerprint density at radius 3 is 2.47 bits per heavy atom. The number of benzene rings is 3. The van der Waals surface area contributed by atoms with Crippen LogP contribution in [0.15, 0.2) is 82.3 Å². The van der Waals surface area contributed by atoms with Crippen LogP contribution >= 0.6 is 0 Å². The fourth-order valence-corrected chi connectivity index (χ4v) is 4.83. The summed E-state index contributed by atoms with van der Waals surface area (Å²) in [7, 11) is 0. The first-order valence-electron chi connectivity index (χ1n) is 12.1. The molecule has 3 heterocycles. The van der Waals surface area contributed by atoms with E-state index >= 15 is 0 Å². The highest BCUT2D eigenvalue weighted by Crippen LogP contribution is 2.32. The number of nitrogens with zero attached hydrogens (tertiary/aromatic N) is 5. The molecule has 38 heavy (non-hydrogen) atoms. The Hall–Kier alpha value is -4.83. The van der Waals surface area contributed by atoms with Crippen molar-refractivity contribution in [1.29, 1.82) is 0 Å². The molecule has 0 amide bonds. The van der Waals surface area contributed by atoms with Crippen molar-refractivity contribution < 1.29 is 14.1 Å². The molecule has 0 spiro atoms. The highest BCUT2D eigenvalue weighted by atomic mass is 16.6. The van der Waals surface area contributed by atoms with Gasteiger partial charge in [-0.2, -0.15) is 9.78 Å². The minimum atomic E-state index is -0.491. The van der Waals surface area contributed by atoms with E-state index in [1.807, 2.05) is 37.3 Å². The van der Waals surface area contributed by atoms with Crippen molar-refractivity contribution in [2.45, 2.75) is 6.92 Å². The lowest BCUT2D eigenvalue weighted by molar-refractivity contribution is -0.384. The summed E-state index contributed by atoms with van der Waals surface area (Å²) in [6.07, 6.45) is 3.08. The predicted octanol–water partition coefficient (Wildman–Crippen LogP) is 4.76. The summed E-state index contributed by atoms with van der Waals surface area (Å²) >= 11 is 0. The zero-order valence-electron chi connectivity index (χ0n) is 20.5. The molecule has 10 nitrogen and oxygen atoms in total. The number of oxazole rings is 1. The monoisotopic (exact) mass is 509 g/mol. The first-order chi connectivity index (χ1) is 18.5. The van der Waals surface area contributed by atoms with Gasteiger partial charge in [0.05, 0.1) is 35.4 Å². The number of anilines is 1. The van der Waals surface area contributed by atoms with Gasteiger partial charge in [0.1, 0.15) is 12.0 Å². The van der Waals surface area contributed by atoms with E-state index in [2.05, 4.69) is 9.88 Å². The fraction of sp³-hybridized carbons (Fsp3) is 0.179. The van der Waals surface area contributed by atoms with Crippen molar-refractivity contribution >= 4 is 22.1 Å². The number of nitro groups is 1. The minimum Gasteiger partial charge on any atom is -0.445 e. The van der Waals surface area contributed by atoms with E-state index in [1.165, 1.54) is 12.3 Å². The Morgan fingerprint density at radius 2 is 1.74 bits per heavy atom. The van der Waals surface area contributed by atoms with Crippen LogP contribution < -0.4 is 10.5 Å². The molecule has 0 bridgehead atoms. The van der Waals surface area contributed by atoms with Crippen LogP contribution in [0.1, 0.15) is 5.56 Å². The van der Waals surface area contributed by atoms with E-state index in [1.54, 1.807) is 30.5 Å². The normalized spacial score (nSPS) is 13.7. The molecule has 1 fully saturated rings. The zero-order valence-corrected chi connectivity index (χ0v) is 20.5. The van der Waals surface area contributed by atoms with Gasteiger partial charge in [-0.1, -0.05) is 18.2 Å². The Morgan fingerprint density at radius 1 is 0.974 bits per heavy atom. The van der Waals surface area contributed by atoms with E-state index in [-0.39, 0.29) is 11.4 Å². The van der Waals surface area contributed by atoms with Crippen molar-refractivity contribution in [3.63, 3.8) is 0 Å². The first-order valence-corrected chi connectivity index (χ1v) is 12.1. The van der Waals surface area contributed by atoms with Crippen LogP contribution in [-0.4, -0.2) is 46.0 Å². The molecule has 0 atom stereocenters. The fourth-order valence-electron chi connectivity index (χ4n) is 4.83. The predicted molar refractivity (Wildman–Crippen MR) is 143 cm³/mol. The maximum atomic E-state index is 13.7. The second-order valence-electron chi connectivity index (χ2n) is 9.07. The Labute approximate surface area is 216 Å². The molecule has 1 aliphatic rings. The van der Waals surface area contributed by atoms with Gasteiger partial charge in [-0.25, -0.2) is 4.98 Å². The van der Waals surface area contributed by atoms with Gasteiger partial charge in [-0.15, -0.1) is 0 Å². The lowest BCUT2D eigenvalue weighted by Gasteiger charge is -2.29. The SMILES string of the molecule is Cc1cc(-c2ncco2)cc(-c2nn(-c3cc(N4CCOCC4)ccc3[N+](=O)[O-])c(=O)c3ccccc23)c1. The average molecular weight is 510 g/mol. The Bertz CT molecular complexity index is 1720. The molecule has 1 saturated heterocycles. The summed E-state index contributed by atoms with van der Waals surface area (Å²) in [4.78, 5) is 31.6. The molecule has 1 aliphatic heterocycles. The summed E-state index contributed by atoms with van der Waals surface area (Å²) in [6, 6.07) is 17.7. The van der Waals surface area contributed by atoms with Crippen molar-refractivity contribution in [2.75, 3.05) is 31.2 Å². The van der Waals surface area contributed by atoms with Crippen LogP contribution in [0.3, 0.4) is 0 Å². The van der Waals surface area contributed by atoms with Gasteiger partial charge in [0.15, 0.2) is 0 Å². The number of hydrogen-bond donors (Lipinski definition) is 0. The Balaban J connectivity index is 1.61. The molecular weight excluding hydrogens is 486 g/mol. The third kappa shape index (κ3) is 4.20. The number of aryl methyl sites for hydroxylation is 1. The second kappa shape index (κ2) is 9.56. The molecule has 0 N–H and O–H groups in total. The summed E-state index contributed by atoms with van der Waals surface area (Å²) in [5.41, 5.74) is 3.18. The molecule has 6 rings (SSSR count). The third-order valence-electron chi connectivity index (χ3n) is 6.60. The first kappa shape index (κ1) is 23.6. The zero-order chi connectivity index (χ0) is 26.2. The number of fused-ring (bicyclic) bond motifs is 1. The molecule has 0 saturated carbocycles. The van der Waals surface area contributed by atoms with Gasteiger partial charge in [-0.05, 0) is 48.9 Å². The maximum absolute atomic E-state index is 13.7. The van der Waals surface area contributed by atoms with Crippen LogP contribution in [0, 0.1) is 17.0 Å². The summed E-state index contributed by atoms with van der Waals surface area (Å²) in [5, 5.41) is 17.8. The summed E-state index contributed by atoms with van der Waals surface area (Å²) in [6.45, 7) is 4.37. The molecular formula is C28H23N5O5. The maximum Gasteiger partial charge on any atom is 0.295 e.